The van der Waals surface area contributed by atoms with Gasteiger partial charge in [0.05, 0.1) is 13.2 Å². The largest absolute Gasteiger partial charge is 0.382 e. The second-order valence-corrected chi connectivity index (χ2v) is 4.29. The fourth-order valence-electron chi connectivity index (χ4n) is 1.53. The van der Waals surface area contributed by atoms with E-state index in [-0.39, 0.29) is 24.0 Å². The lowest BCUT2D eigenvalue weighted by Crippen LogP contribution is -2.38. The lowest BCUT2D eigenvalue weighted by Gasteiger charge is -2.11. The van der Waals surface area contributed by atoms with E-state index in [4.69, 9.17) is 14.2 Å². The molecule has 0 atom stereocenters. The fraction of sp³-hybridized carbons (Fsp3) is 0.929. The van der Waals surface area contributed by atoms with Gasteiger partial charge in [-0.2, -0.15) is 0 Å². The van der Waals surface area contributed by atoms with Crippen LogP contribution in [0.1, 0.15) is 26.2 Å². The number of hydrogen-bond donors (Lipinski definition) is 2. The lowest BCUT2D eigenvalue weighted by molar-refractivity contribution is 0.0689. The van der Waals surface area contributed by atoms with Crippen LogP contribution in [0.4, 0.5) is 0 Å². The number of nitrogens with one attached hydrogen (secondary N) is 2. The van der Waals surface area contributed by atoms with Gasteiger partial charge in [0, 0.05) is 47.1 Å². The second kappa shape index (κ2) is 19.9. The summed E-state index contributed by atoms with van der Waals surface area (Å²) in [7, 11) is 3.46. The van der Waals surface area contributed by atoms with Crippen LogP contribution in [-0.4, -0.2) is 66.2 Å². The van der Waals surface area contributed by atoms with Gasteiger partial charge < -0.3 is 24.8 Å². The standard InChI is InChI=1S/C14H31N3O3.HI/c1-4-19-11-7-9-17-14(15-2)16-8-5-6-10-20-13-12-18-3;/h4-13H2,1-3H3,(H2,15,16,17);1H. The third-order valence-corrected chi connectivity index (χ3v) is 2.63. The van der Waals surface area contributed by atoms with Crippen molar-refractivity contribution in [2.75, 3.05) is 60.3 Å². The Kier molecular flexibility index (Phi) is 21.9. The number of ether oxygens (including phenoxy) is 3. The molecule has 0 aromatic heterocycles. The zero-order chi connectivity index (χ0) is 14.9. The van der Waals surface area contributed by atoms with E-state index in [1.54, 1.807) is 14.2 Å². The second-order valence-electron chi connectivity index (χ2n) is 4.29. The summed E-state index contributed by atoms with van der Waals surface area (Å²) in [5, 5.41) is 6.54. The smallest absolute Gasteiger partial charge is 0.190 e. The third-order valence-electron chi connectivity index (χ3n) is 2.63. The van der Waals surface area contributed by atoms with E-state index < -0.39 is 0 Å². The maximum absolute atomic E-state index is 5.40. The van der Waals surface area contributed by atoms with Crippen LogP contribution < -0.4 is 10.6 Å². The summed E-state index contributed by atoms with van der Waals surface area (Å²) in [6.07, 6.45) is 3.09. The molecule has 2 N–H and O–H groups in total. The van der Waals surface area contributed by atoms with E-state index in [9.17, 15) is 0 Å². The highest BCUT2D eigenvalue weighted by atomic mass is 127. The molecule has 0 aliphatic heterocycles. The highest BCUT2D eigenvalue weighted by Gasteiger charge is 1.96. The van der Waals surface area contributed by atoms with Gasteiger partial charge in [-0.25, -0.2) is 0 Å². The van der Waals surface area contributed by atoms with Crippen LogP contribution in [-0.2, 0) is 14.2 Å². The van der Waals surface area contributed by atoms with Gasteiger partial charge in [0.15, 0.2) is 5.96 Å². The van der Waals surface area contributed by atoms with Crippen molar-refractivity contribution in [3.05, 3.63) is 0 Å². The minimum atomic E-state index is 0. The molecule has 0 aromatic carbocycles. The molecule has 0 unspecified atom stereocenters. The lowest BCUT2D eigenvalue weighted by atomic mass is 10.3. The Bertz CT molecular complexity index is 232. The topological polar surface area (TPSA) is 64.1 Å². The molecular weight excluding hydrogens is 385 g/mol. The van der Waals surface area contributed by atoms with Crippen LogP contribution in [0.25, 0.3) is 0 Å². The molecule has 0 aliphatic carbocycles. The Labute approximate surface area is 146 Å². The molecule has 21 heavy (non-hydrogen) atoms. The minimum Gasteiger partial charge on any atom is -0.382 e. The first-order chi connectivity index (χ1) is 9.85. The molecule has 0 bridgehead atoms. The number of aliphatic imine (C=N–C) groups is 1. The van der Waals surface area contributed by atoms with Gasteiger partial charge in [0.1, 0.15) is 0 Å². The highest BCUT2D eigenvalue weighted by molar-refractivity contribution is 14.0. The van der Waals surface area contributed by atoms with E-state index in [1.165, 1.54) is 0 Å². The Balaban J connectivity index is 0. The van der Waals surface area contributed by atoms with Crippen molar-refractivity contribution in [1.82, 2.24) is 10.6 Å². The number of nitrogens with zero attached hydrogens (tertiary/aromatic N) is 1. The van der Waals surface area contributed by atoms with E-state index in [0.717, 1.165) is 58.1 Å². The first-order valence-electron chi connectivity index (χ1n) is 7.44. The van der Waals surface area contributed by atoms with E-state index in [2.05, 4.69) is 15.6 Å². The Morgan fingerprint density at radius 3 is 2.19 bits per heavy atom. The summed E-state index contributed by atoms with van der Waals surface area (Å²) in [6.45, 7) is 7.47. The molecule has 7 heteroatoms. The zero-order valence-corrected chi connectivity index (χ0v) is 16.0. The van der Waals surface area contributed by atoms with Crippen LogP contribution >= 0.6 is 24.0 Å². The quantitative estimate of drug-likeness (QED) is 0.207. The predicted octanol–water partition coefficient (Wildman–Crippen LogP) is 1.64. The van der Waals surface area contributed by atoms with Gasteiger partial charge in [-0.3, -0.25) is 4.99 Å². The van der Waals surface area contributed by atoms with Crippen molar-refractivity contribution in [3.63, 3.8) is 0 Å². The Morgan fingerprint density at radius 2 is 1.57 bits per heavy atom. The molecule has 6 nitrogen and oxygen atoms in total. The molecule has 0 amide bonds. The van der Waals surface area contributed by atoms with Gasteiger partial charge >= 0.3 is 0 Å². The molecule has 0 spiro atoms. The molecule has 0 rings (SSSR count). The van der Waals surface area contributed by atoms with Crippen molar-refractivity contribution < 1.29 is 14.2 Å². The molecule has 0 fully saturated rings. The monoisotopic (exact) mass is 417 g/mol. The summed E-state index contributed by atoms with van der Waals surface area (Å²) >= 11 is 0. The van der Waals surface area contributed by atoms with E-state index in [1.807, 2.05) is 6.92 Å². The van der Waals surface area contributed by atoms with Gasteiger partial charge in [-0.05, 0) is 26.2 Å². The summed E-state index contributed by atoms with van der Waals surface area (Å²) in [4.78, 5) is 4.17. The molecular formula is C14H32IN3O3. The van der Waals surface area contributed by atoms with Crippen LogP contribution in [0.3, 0.4) is 0 Å². The number of hydrogen-bond acceptors (Lipinski definition) is 4. The van der Waals surface area contributed by atoms with Crippen molar-refractivity contribution >= 4 is 29.9 Å². The normalized spacial score (nSPS) is 11.1. The molecule has 0 heterocycles. The van der Waals surface area contributed by atoms with Gasteiger partial charge in [-0.1, -0.05) is 0 Å². The number of methoxy groups -OCH3 is 1. The summed E-state index contributed by atoms with van der Waals surface area (Å²) in [5.74, 6) is 0.849. The first kappa shape index (κ1) is 23.2. The Morgan fingerprint density at radius 1 is 0.905 bits per heavy atom. The molecule has 0 aromatic rings. The maximum Gasteiger partial charge on any atom is 0.190 e. The third kappa shape index (κ3) is 17.8. The number of unbranched alkanes of at least 4 members (excludes halogenated alkanes) is 1. The molecule has 0 radical (unpaired) electrons. The summed E-state index contributed by atoms with van der Waals surface area (Å²) < 4.78 is 15.6. The number of guanidine groups is 1. The first-order valence-corrected chi connectivity index (χ1v) is 7.44. The molecule has 0 aliphatic rings. The SMILES string of the molecule is CCOCCCNC(=NC)NCCCCOCCOC.I. The van der Waals surface area contributed by atoms with Gasteiger partial charge in [0.25, 0.3) is 0 Å². The van der Waals surface area contributed by atoms with Crippen molar-refractivity contribution in [2.24, 2.45) is 4.99 Å². The average Bonchev–Trinajstić information content (AvgIpc) is 2.47. The van der Waals surface area contributed by atoms with Crippen molar-refractivity contribution in [3.8, 4) is 0 Å². The molecule has 128 valence electrons. The van der Waals surface area contributed by atoms with Crippen molar-refractivity contribution in [2.45, 2.75) is 26.2 Å². The maximum atomic E-state index is 5.40. The van der Waals surface area contributed by atoms with E-state index >= 15 is 0 Å². The van der Waals surface area contributed by atoms with Gasteiger partial charge in [0.2, 0.25) is 0 Å². The summed E-state index contributed by atoms with van der Waals surface area (Å²) in [5.41, 5.74) is 0. The van der Waals surface area contributed by atoms with Crippen LogP contribution in [0, 0.1) is 0 Å². The fourth-order valence-corrected chi connectivity index (χ4v) is 1.53. The van der Waals surface area contributed by atoms with Crippen molar-refractivity contribution in [1.29, 1.82) is 0 Å². The number of halogens is 1. The summed E-state index contributed by atoms with van der Waals surface area (Å²) in [6, 6.07) is 0. The number of rotatable bonds is 13. The van der Waals surface area contributed by atoms with Crippen LogP contribution in [0.15, 0.2) is 4.99 Å². The molecule has 0 saturated carbocycles. The van der Waals surface area contributed by atoms with Crippen LogP contribution in [0.2, 0.25) is 0 Å². The van der Waals surface area contributed by atoms with Gasteiger partial charge in [-0.15, -0.1) is 24.0 Å². The molecule has 0 saturated heterocycles. The van der Waals surface area contributed by atoms with Crippen LogP contribution in [0.5, 0.6) is 0 Å². The Hall–Kier alpha value is -0.120. The zero-order valence-electron chi connectivity index (χ0n) is 13.7. The average molecular weight is 417 g/mol. The highest BCUT2D eigenvalue weighted by Crippen LogP contribution is 1.89. The van der Waals surface area contributed by atoms with E-state index in [0.29, 0.717) is 13.2 Å². The predicted molar refractivity (Wildman–Crippen MR) is 97.8 cm³/mol. The minimum absolute atomic E-state index is 0.